The monoisotopic (exact) mass is 254 g/mol. The van der Waals surface area contributed by atoms with E-state index in [0.717, 1.165) is 30.6 Å². The minimum atomic E-state index is -0.600. The predicted octanol–water partition coefficient (Wildman–Crippen LogP) is 2.15. The molecule has 94 valence electrons. The van der Waals surface area contributed by atoms with Gasteiger partial charge >= 0.3 is 0 Å². The molecule has 0 aromatic heterocycles. The number of halogens is 1. The second-order valence-corrected chi connectivity index (χ2v) is 5.41. The molecule has 1 aromatic carbocycles. The number of nitrogens with zero attached hydrogens (tertiary/aromatic N) is 1. The first-order valence-electron chi connectivity index (χ1n) is 5.98. The average Bonchev–Trinajstić information content (AvgIpc) is 2.27. The molecule has 17 heavy (non-hydrogen) atoms. The minimum Gasteiger partial charge on any atom is -0.388 e. The zero-order valence-corrected chi connectivity index (χ0v) is 10.9. The van der Waals surface area contributed by atoms with Crippen LogP contribution in [-0.4, -0.2) is 23.8 Å². The first-order valence-corrected chi connectivity index (χ1v) is 6.35. The van der Waals surface area contributed by atoms with Crippen LogP contribution in [0.2, 0.25) is 5.02 Å². The highest BCUT2D eigenvalue weighted by atomic mass is 35.5. The van der Waals surface area contributed by atoms with Gasteiger partial charge in [0.05, 0.1) is 5.60 Å². The number of piperidine rings is 1. The number of nitrogens with two attached hydrogens (primary N) is 1. The van der Waals surface area contributed by atoms with Gasteiger partial charge in [0.25, 0.3) is 0 Å². The Bertz CT molecular complexity index is 406. The van der Waals surface area contributed by atoms with Crippen molar-refractivity contribution in [3.05, 3.63) is 28.8 Å². The van der Waals surface area contributed by atoms with Crippen LogP contribution in [0, 0.1) is 0 Å². The molecule has 0 spiro atoms. The fourth-order valence-corrected chi connectivity index (χ4v) is 2.59. The molecule has 1 aliphatic rings. The molecular weight excluding hydrogens is 236 g/mol. The standard InChI is InChI=1S/C13H19ClN2O/c1-13(17)5-2-6-16(9-13)11-4-3-10(8-15)12(14)7-11/h3-4,7,17H,2,5-6,8-9,15H2,1H3. The van der Waals surface area contributed by atoms with Crippen molar-refractivity contribution >= 4 is 17.3 Å². The van der Waals surface area contributed by atoms with E-state index in [1.165, 1.54) is 0 Å². The molecule has 1 atom stereocenters. The van der Waals surface area contributed by atoms with Crippen molar-refractivity contribution in [2.24, 2.45) is 5.73 Å². The van der Waals surface area contributed by atoms with Gasteiger partial charge in [-0.05, 0) is 37.5 Å². The van der Waals surface area contributed by atoms with Crippen LogP contribution >= 0.6 is 11.6 Å². The van der Waals surface area contributed by atoms with Crippen LogP contribution in [0.1, 0.15) is 25.3 Å². The smallest absolute Gasteiger partial charge is 0.0794 e. The Morgan fingerprint density at radius 3 is 2.88 bits per heavy atom. The van der Waals surface area contributed by atoms with E-state index < -0.39 is 5.60 Å². The van der Waals surface area contributed by atoms with Gasteiger partial charge in [-0.25, -0.2) is 0 Å². The van der Waals surface area contributed by atoms with Crippen LogP contribution in [0.4, 0.5) is 5.69 Å². The fourth-order valence-electron chi connectivity index (χ4n) is 2.34. The van der Waals surface area contributed by atoms with Crippen LogP contribution in [0.5, 0.6) is 0 Å². The number of aliphatic hydroxyl groups is 1. The van der Waals surface area contributed by atoms with Gasteiger partial charge in [-0.1, -0.05) is 17.7 Å². The minimum absolute atomic E-state index is 0.455. The number of β-amino-alcohol motifs (C(OH)–C–C–N with tert-alkyl or cyclic N) is 1. The van der Waals surface area contributed by atoms with Crippen LogP contribution < -0.4 is 10.6 Å². The first-order chi connectivity index (χ1) is 8.02. The van der Waals surface area contributed by atoms with E-state index in [9.17, 15) is 5.11 Å². The third-order valence-corrected chi connectivity index (χ3v) is 3.65. The molecule has 1 unspecified atom stereocenters. The zero-order valence-electron chi connectivity index (χ0n) is 10.1. The highest BCUT2D eigenvalue weighted by Gasteiger charge is 2.28. The van der Waals surface area contributed by atoms with Gasteiger partial charge in [-0.15, -0.1) is 0 Å². The molecule has 1 fully saturated rings. The summed E-state index contributed by atoms with van der Waals surface area (Å²) in [5.74, 6) is 0. The van der Waals surface area contributed by atoms with Crippen molar-refractivity contribution < 1.29 is 5.11 Å². The van der Waals surface area contributed by atoms with E-state index in [2.05, 4.69) is 4.90 Å². The SMILES string of the molecule is CC1(O)CCCN(c2ccc(CN)c(Cl)c2)C1. The molecule has 3 nitrogen and oxygen atoms in total. The number of hydrogen-bond donors (Lipinski definition) is 2. The van der Waals surface area contributed by atoms with Gasteiger partial charge < -0.3 is 15.7 Å². The summed E-state index contributed by atoms with van der Waals surface area (Å²) < 4.78 is 0. The summed E-state index contributed by atoms with van der Waals surface area (Å²) in [6.07, 6.45) is 1.86. The van der Waals surface area contributed by atoms with Crippen LogP contribution in [0.15, 0.2) is 18.2 Å². The van der Waals surface area contributed by atoms with Crippen molar-refractivity contribution in [3.8, 4) is 0 Å². The molecule has 1 aromatic rings. The summed E-state index contributed by atoms with van der Waals surface area (Å²) in [6, 6.07) is 5.92. The molecule has 4 heteroatoms. The van der Waals surface area contributed by atoms with Crippen molar-refractivity contribution in [2.75, 3.05) is 18.0 Å². The van der Waals surface area contributed by atoms with Gasteiger partial charge in [0, 0.05) is 30.3 Å². The van der Waals surface area contributed by atoms with E-state index in [0.29, 0.717) is 18.1 Å². The lowest BCUT2D eigenvalue weighted by Gasteiger charge is -2.38. The maximum atomic E-state index is 10.1. The topological polar surface area (TPSA) is 49.5 Å². The number of rotatable bonds is 2. The molecule has 0 saturated carbocycles. The van der Waals surface area contributed by atoms with Crippen molar-refractivity contribution in [1.82, 2.24) is 0 Å². The molecule has 1 saturated heterocycles. The zero-order chi connectivity index (χ0) is 12.5. The Kier molecular flexibility index (Phi) is 3.61. The predicted molar refractivity (Wildman–Crippen MR) is 71.4 cm³/mol. The third-order valence-electron chi connectivity index (χ3n) is 3.30. The Balaban J connectivity index is 2.19. The molecule has 2 rings (SSSR count). The van der Waals surface area contributed by atoms with E-state index in [1.807, 2.05) is 25.1 Å². The number of benzene rings is 1. The molecule has 0 aliphatic carbocycles. The Morgan fingerprint density at radius 1 is 1.53 bits per heavy atom. The number of anilines is 1. The third kappa shape index (κ3) is 2.92. The highest BCUT2D eigenvalue weighted by molar-refractivity contribution is 6.31. The lowest BCUT2D eigenvalue weighted by atomic mass is 9.94. The summed E-state index contributed by atoms with van der Waals surface area (Å²) in [4.78, 5) is 2.18. The van der Waals surface area contributed by atoms with E-state index in [1.54, 1.807) is 0 Å². The molecule has 0 amide bonds. The van der Waals surface area contributed by atoms with E-state index in [4.69, 9.17) is 17.3 Å². The van der Waals surface area contributed by atoms with Gasteiger partial charge in [-0.2, -0.15) is 0 Å². The maximum Gasteiger partial charge on any atom is 0.0794 e. The van der Waals surface area contributed by atoms with Crippen molar-refractivity contribution in [3.63, 3.8) is 0 Å². The lowest BCUT2D eigenvalue weighted by molar-refractivity contribution is 0.0449. The first kappa shape index (κ1) is 12.7. The maximum absolute atomic E-state index is 10.1. The van der Waals surface area contributed by atoms with E-state index in [-0.39, 0.29) is 0 Å². The molecule has 1 heterocycles. The van der Waals surface area contributed by atoms with Crippen LogP contribution in [0.3, 0.4) is 0 Å². The summed E-state index contributed by atoms with van der Waals surface area (Å²) in [5.41, 5.74) is 7.00. The van der Waals surface area contributed by atoms with Gasteiger partial charge in [0.1, 0.15) is 0 Å². The van der Waals surface area contributed by atoms with Crippen LogP contribution in [0.25, 0.3) is 0 Å². The summed E-state index contributed by atoms with van der Waals surface area (Å²) in [5, 5.41) is 10.8. The Hall–Kier alpha value is -0.770. The molecular formula is C13H19ClN2O. The second-order valence-electron chi connectivity index (χ2n) is 5.00. The summed E-state index contributed by atoms with van der Waals surface area (Å²) in [7, 11) is 0. The summed E-state index contributed by atoms with van der Waals surface area (Å²) in [6.45, 7) is 3.96. The molecule has 3 N–H and O–H groups in total. The van der Waals surface area contributed by atoms with Crippen molar-refractivity contribution in [2.45, 2.75) is 31.9 Å². The van der Waals surface area contributed by atoms with Gasteiger partial charge in [-0.3, -0.25) is 0 Å². The molecule has 1 aliphatic heterocycles. The largest absolute Gasteiger partial charge is 0.388 e. The lowest BCUT2D eigenvalue weighted by Crippen LogP contribution is -2.46. The Morgan fingerprint density at radius 2 is 2.29 bits per heavy atom. The second kappa shape index (κ2) is 4.84. The van der Waals surface area contributed by atoms with E-state index >= 15 is 0 Å². The number of hydrogen-bond acceptors (Lipinski definition) is 3. The van der Waals surface area contributed by atoms with Crippen molar-refractivity contribution in [1.29, 1.82) is 0 Å². The quantitative estimate of drug-likeness (QED) is 0.850. The highest BCUT2D eigenvalue weighted by Crippen LogP contribution is 2.28. The Labute approximate surface area is 107 Å². The van der Waals surface area contributed by atoms with Crippen LogP contribution in [-0.2, 0) is 6.54 Å². The molecule has 0 bridgehead atoms. The fraction of sp³-hybridized carbons (Fsp3) is 0.538. The summed E-state index contributed by atoms with van der Waals surface area (Å²) >= 11 is 6.15. The molecule has 0 radical (unpaired) electrons. The van der Waals surface area contributed by atoms with Gasteiger partial charge in [0.15, 0.2) is 0 Å². The normalized spacial score (nSPS) is 25.1. The van der Waals surface area contributed by atoms with Gasteiger partial charge in [0.2, 0.25) is 0 Å². The average molecular weight is 255 g/mol.